The van der Waals surface area contributed by atoms with E-state index in [1.165, 1.54) is 12.1 Å². The van der Waals surface area contributed by atoms with Crippen molar-refractivity contribution in [3.05, 3.63) is 59.4 Å². The van der Waals surface area contributed by atoms with E-state index in [9.17, 15) is 14.3 Å². The molecule has 0 aromatic heterocycles. The van der Waals surface area contributed by atoms with E-state index in [4.69, 9.17) is 9.47 Å². The predicted octanol–water partition coefficient (Wildman–Crippen LogP) is 3.60. The fourth-order valence-electron chi connectivity index (χ4n) is 4.31. The number of rotatable bonds is 7. The number of aromatic hydroxyl groups is 1. The number of phenolic OH excluding ortho intramolecular Hbond substituents is 1. The first kappa shape index (κ1) is 24.0. The molecule has 0 saturated carbocycles. The fraction of sp³-hybridized carbons (Fsp3) is 0.423. The summed E-state index contributed by atoms with van der Waals surface area (Å²) in [5.74, 6) is -0.332. The first-order chi connectivity index (χ1) is 16.4. The van der Waals surface area contributed by atoms with E-state index in [0.29, 0.717) is 44.2 Å². The first-order valence-corrected chi connectivity index (χ1v) is 11.7. The van der Waals surface area contributed by atoms with Gasteiger partial charge in [-0.2, -0.15) is 0 Å². The average Bonchev–Trinajstić information content (AvgIpc) is 2.83. The number of nitrogens with zero attached hydrogens (tertiary/aromatic N) is 3. The van der Waals surface area contributed by atoms with Crippen molar-refractivity contribution in [1.82, 2.24) is 14.7 Å². The molecule has 1 N–H and O–H groups in total. The molecule has 1 amide bonds. The third kappa shape index (κ3) is 5.34. The molecule has 2 aromatic rings. The number of hydrogen-bond acceptors (Lipinski definition) is 6. The third-order valence-corrected chi connectivity index (χ3v) is 6.46. The molecule has 34 heavy (non-hydrogen) atoms. The third-order valence-electron chi connectivity index (χ3n) is 6.46. The first-order valence-electron chi connectivity index (χ1n) is 11.7. The molecule has 2 aromatic carbocycles. The summed E-state index contributed by atoms with van der Waals surface area (Å²) in [5.41, 5.74) is 3.16. The van der Waals surface area contributed by atoms with Crippen molar-refractivity contribution in [3.8, 4) is 17.2 Å². The fourth-order valence-corrected chi connectivity index (χ4v) is 4.31. The van der Waals surface area contributed by atoms with E-state index in [-0.39, 0.29) is 29.7 Å². The van der Waals surface area contributed by atoms with Gasteiger partial charge in [-0.25, -0.2) is 4.39 Å². The number of carbonyl (C=O) groups is 1. The van der Waals surface area contributed by atoms with Crippen molar-refractivity contribution >= 4 is 11.6 Å². The molecule has 7 nitrogen and oxygen atoms in total. The van der Waals surface area contributed by atoms with Crippen molar-refractivity contribution in [2.45, 2.75) is 20.3 Å². The van der Waals surface area contributed by atoms with Crippen LogP contribution < -0.4 is 4.74 Å². The minimum absolute atomic E-state index is 0.0157. The van der Waals surface area contributed by atoms with Gasteiger partial charge in [0.15, 0.2) is 23.1 Å². The average molecular weight is 470 g/mol. The zero-order valence-electron chi connectivity index (χ0n) is 19.8. The Bertz CT molecular complexity index is 1070. The standard InChI is InChI=1S/C26H32FN3O4/c1-4-20-15-23(31)25(13-18(20)2)34-24-6-5-21(14-22(24)27)19(3)29-7-8-30(26(32)16-29)17-28-9-11-33-12-10-28/h5-6,13-15,31H,3-4,7-12,16-17H2,1-2H3. The quantitative estimate of drug-likeness (QED) is 0.669. The molecule has 0 spiro atoms. The summed E-state index contributed by atoms with van der Waals surface area (Å²) < 4.78 is 25.9. The molecule has 0 aliphatic carbocycles. The summed E-state index contributed by atoms with van der Waals surface area (Å²) in [6.45, 7) is 13.1. The van der Waals surface area contributed by atoms with Crippen LogP contribution in [0.5, 0.6) is 17.2 Å². The lowest BCUT2D eigenvalue weighted by Gasteiger charge is -2.39. The van der Waals surface area contributed by atoms with Crippen molar-refractivity contribution < 1.29 is 23.8 Å². The largest absolute Gasteiger partial charge is 0.504 e. The van der Waals surface area contributed by atoms with Crippen molar-refractivity contribution in [3.63, 3.8) is 0 Å². The van der Waals surface area contributed by atoms with Gasteiger partial charge in [0.25, 0.3) is 0 Å². The van der Waals surface area contributed by atoms with Gasteiger partial charge >= 0.3 is 0 Å². The van der Waals surface area contributed by atoms with Gasteiger partial charge in [-0.3, -0.25) is 9.69 Å². The highest BCUT2D eigenvalue weighted by molar-refractivity contribution is 5.81. The van der Waals surface area contributed by atoms with E-state index in [1.807, 2.05) is 23.6 Å². The number of halogens is 1. The molecule has 2 heterocycles. The second-order valence-electron chi connectivity index (χ2n) is 8.74. The van der Waals surface area contributed by atoms with Gasteiger partial charge in [0.1, 0.15) is 0 Å². The van der Waals surface area contributed by atoms with Gasteiger partial charge in [0, 0.05) is 37.4 Å². The zero-order chi connectivity index (χ0) is 24.2. The normalized spacial score (nSPS) is 17.2. The molecular weight excluding hydrogens is 437 g/mol. The maximum atomic E-state index is 14.9. The predicted molar refractivity (Wildman–Crippen MR) is 128 cm³/mol. The SMILES string of the molecule is C=C(c1ccc(Oc2cc(C)c(CC)cc2O)c(F)c1)N1CCN(CN2CCOCC2)C(=O)C1. The van der Waals surface area contributed by atoms with Crippen molar-refractivity contribution in [1.29, 1.82) is 0 Å². The van der Waals surface area contributed by atoms with E-state index in [0.717, 1.165) is 30.6 Å². The molecule has 0 radical (unpaired) electrons. The van der Waals surface area contributed by atoms with Crippen LogP contribution in [0.15, 0.2) is 36.9 Å². The van der Waals surface area contributed by atoms with Gasteiger partial charge < -0.3 is 24.4 Å². The highest BCUT2D eigenvalue weighted by atomic mass is 19.1. The summed E-state index contributed by atoms with van der Waals surface area (Å²) in [6, 6.07) is 7.95. The van der Waals surface area contributed by atoms with Crippen LogP contribution in [0, 0.1) is 12.7 Å². The van der Waals surface area contributed by atoms with Gasteiger partial charge in [-0.15, -0.1) is 0 Å². The van der Waals surface area contributed by atoms with Crippen LogP contribution in [-0.4, -0.2) is 78.3 Å². The number of piperazine rings is 1. The summed E-state index contributed by atoms with van der Waals surface area (Å²) in [4.78, 5) is 18.7. The Kier molecular flexibility index (Phi) is 7.38. The smallest absolute Gasteiger partial charge is 0.243 e. The highest BCUT2D eigenvalue weighted by Gasteiger charge is 2.27. The van der Waals surface area contributed by atoms with E-state index >= 15 is 0 Å². The van der Waals surface area contributed by atoms with Gasteiger partial charge in [-0.1, -0.05) is 13.5 Å². The Morgan fingerprint density at radius 2 is 1.91 bits per heavy atom. The van der Waals surface area contributed by atoms with Crippen LogP contribution in [0.2, 0.25) is 0 Å². The molecule has 2 aliphatic rings. The number of morpholine rings is 1. The highest BCUT2D eigenvalue weighted by Crippen LogP contribution is 2.35. The molecule has 0 unspecified atom stereocenters. The Morgan fingerprint density at radius 3 is 2.59 bits per heavy atom. The van der Waals surface area contributed by atoms with Crippen LogP contribution in [0.1, 0.15) is 23.6 Å². The van der Waals surface area contributed by atoms with Crippen LogP contribution in [0.25, 0.3) is 5.70 Å². The van der Waals surface area contributed by atoms with E-state index < -0.39 is 5.82 Å². The minimum Gasteiger partial charge on any atom is -0.504 e. The Morgan fingerprint density at radius 1 is 1.15 bits per heavy atom. The van der Waals surface area contributed by atoms with Crippen LogP contribution >= 0.6 is 0 Å². The van der Waals surface area contributed by atoms with Crippen LogP contribution in [0.3, 0.4) is 0 Å². The molecule has 8 heteroatoms. The Balaban J connectivity index is 1.39. The van der Waals surface area contributed by atoms with E-state index in [2.05, 4.69) is 11.5 Å². The lowest BCUT2D eigenvalue weighted by molar-refractivity contribution is -0.138. The number of ether oxygens (including phenoxy) is 2. The number of benzene rings is 2. The number of hydrogen-bond donors (Lipinski definition) is 1. The number of phenols is 1. The maximum absolute atomic E-state index is 14.9. The van der Waals surface area contributed by atoms with Crippen LogP contribution in [0.4, 0.5) is 4.39 Å². The van der Waals surface area contributed by atoms with Gasteiger partial charge in [0.05, 0.1) is 26.4 Å². The summed E-state index contributed by atoms with van der Waals surface area (Å²) >= 11 is 0. The molecule has 2 saturated heterocycles. The second-order valence-corrected chi connectivity index (χ2v) is 8.74. The van der Waals surface area contributed by atoms with Crippen LogP contribution in [-0.2, 0) is 16.0 Å². The zero-order valence-corrected chi connectivity index (χ0v) is 19.8. The number of aryl methyl sites for hydroxylation is 2. The lowest BCUT2D eigenvalue weighted by Crippen LogP contribution is -2.54. The summed E-state index contributed by atoms with van der Waals surface area (Å²) in [5, 5.41) is 10.2. The summed E-state index contributed by atoms with van der Waals surface area (Å²) in [6.07, 6.45) is 0.787. The maximum Gasteiger partial charge on any atom is 0.243 e. The molecule has 4 rings (SSSR count). The Labute approximate surface area is 200 Å². The Hall–Kier alpha value is -3.10. The van der Waals surface area contributed by atoms with Crippen molar-refractivity contribution in [2.75, 3.05) is 52.6 Å². The van der Waals surface area contributed by atoms with Gasteiger partial charge in [0.2, 0.25) is 5.91 Å². The van der Waals surface area contributed by atoms with Gasteiger partial charge in [-0.05, 0) is 54.8 Å². The number of carbonyl (C=O) groups excluding carboxylic acids is 1. The molecule has 2 fully saturated rings. The molecule has 2 aliphatic heterocycles. The van der Waals surface area contributed by atoms with Crippen molar-refractivity contribution in [2.24, 2.45) is 0 Å². The minimum atomic E-state index is -0.562. The molecular formula is C26H32FN3O4. The molecule has 0 atom stereocenters. The summed E-state index contributed by atoms with van der Waals surface area (Å²) in [7, 11) is 0. The molecule has 0 bridgehead atoms. The second kappa shape index (κ2) is 10.4. The molecule has 182 valence electrons. The number of amides is 1. The van der Waals surface area contributed by atoms with E-state index in [1.54, 1.807) is 18.2 Å². The monoisotopic (exact) mass is 469 g/mol. The topological polar surface area (TPSA) is 65.5 Å². The lowest BCUT2D eigenvalue weighted by atomic mass is 10.1.